The number of ether oxygens (including phenoxy) is 2. The molecule has 0 heterocycles. The van der Waals surface area contributed by atoms with Gasteiger partial charge in [-0.3, -0.25) is 0 Å². The van der Waals surface area contributed by atoms with E-state index >= 15 is 0 Å². The van der Waals surface area contributed by atoms with Crippen molar-refractivity contribution < 1.29 is 19.1 Å². The van der Waals surface area contributed by atoms with Gasteiger partial charge in [0.15, 0.2) is 0 Å². The average Bonchev–Trinajstić information content (AvgIpc) is 2.63. The summed E-state index contributed by atoms with van der Waals surface area (Å²) in [5, 5.41) is 3.12. The number of anilines is 1. The summed E-state index contributed by atoms with van der Waals surface area (Å²) < 4.78 is 10.5. The van der Waals surface area contributed by atoms with Crippen LogP contribution in [0.5, 0.6) is 5.75 Å². The Morgan fingerprint density at radius 3 is 2.56 bits per heavy atom. The van der Waals surface area contributed by atoms with Gasteiger partial charge in [0.2, 0.25) is 0 Å². The van der Waals surface area contributed by atoms with Crippen LogP contribution in [0, 0.1) is 18.3 Å². The number of unbranched alkanes of at least 4 members (excludes halogenated alkanes) is 2. The lowest BCUT2D eigenvalue weighted by atomic mass is 9.94. The molecule has 0 aliphatic rings. The quantitative estimate of drug-likeness (QED) is 0.272. The van der Waals surface area contributed by atoms with Crippen molar-refractivity contribution in [3.8, 4) is 18.1 Å². The maximum Gasteiger partial charge on any atom is 0.329 e. The van der Waals surface area contributed by atoms with Crippen molar-refractivity contribution in [3.63, 3.8) is 0 Å². The monoisotopic (exact) mass is 345 g/mol. The van der Waals surface area contributed by atoms with Crippen LogP contribution in [0.3, 0.4) is 0 Å². The zero-order valence-corrected chi connectivity index (χ0v) is 15.0. The molecular formula is C20H27NO4. The van der Waals surface area contributed by atoms with E-state index in [1.165, 1.54) is 0 Å². The summed E-state index contributed by atoms with van der Waals surface area (Å²) in [5.74, 6) is 2.20. The fraction of sp³-hybridized carbons (Fsp3) is 0.500. The van der Waals surface area contributed by atoms with Gasteiger partial charge in [0.05, 0.1) is 6.61 Å². The second kappa shape index (κ2) is 12.0. The highest BCUT2D eigenvalue weighted by Gasteiger charge is 2.29. The zero-order valence-electron chi connectivity index (χ0n) is 15.0. The first-order chi connectivity index (χ1) is 12.2. The van der Waals surface area contributed by atoms with Gasteiger partial charge in [-0.15, -0.1) is 6.42 Å². The Morgan fingerprint density at radius 1 is 1.28 bits per heavy atom. The predicted octanol–water partition coefficient (Wildman–Crippen LogP) is 3.44. The fourth-order valence-corrected chi connectivity index (χ4v) is 2.47. The molecule has 0 aromatic heterocycles. The summed E-state index contributed by atoms with van der Waals surface area (Å²) in [6.45, 7) is 4.32. The lowest BCUT2D eigenvalue weighted by molar-refractivity contribution is -0.146. The third-order valence-corrected chi connectivity index (χ3v) is 3.78. The molecule has 136 valence electrons. The van der Waals surface area contributed by atoms with E-state index in [4.69, 9.17) is 15.9 Å². The van der Waals surface area contributed by atoms with Gasteiger partial charge in [-0.25, -0.2) is 4.79 Å². The maximum atomic E-state index is 12.3. The van der Waals surface area contributed by atoms with Gasteiger partial charge < -0.3 is 19.6 Å². The molecule has 25 heavy (non-hydrogen) atoms. The third-order valence-electron chi connectivity index (χ3n) is 3.78. The average molecular weight is 345 g/mol. The smallest absolute Gasteiger partial charge is 0.329 e. The van der Waals surface area contributed by atoms with Gasteiger partial charge in [0.25, 0.3) is 0 Å². The SMILES string of the molecule is C#CCOc1ccc(N[C@H](C(=O)OCC)[C@@H](C=O)CCCCC)cc1. The predicted molar refractivity (Wildman–Crippen MR) is 98.5 cm³/mol. The number of carbonyl (C=O) groups is 2. The van der Waals surface area contributed by atoms with E-state index in [0.29, 0.717) is 17.9 Å². The molecule has 1 N–H and O–H groups in total. The maximum absolute atomic E-state index is 12.3. The molecule has 0 fully saturated rings. The van der Waals surface area contributed by atoms with E-state index in [0.717, 1.165) is 25.5 Å². The van der Waals surface area contributed by atoms with Crippen molar-refractivity contribution in [2.24, 2.45) is 5.92 Å². The molecule has 1 aromatic carbocycles. The van der Waals surface area contributed by atoms with E-state index in [1.807, 2.05) is 0 Å². The number of benzene rings is 1. The molecule has 0 aliphatic heterocycles. The summed E-state index contributed by atoms with van der Waals surface area (Å²) in [6, 6.07) is 6.38. The minimum Gasteiger partial charge on any atom is -0.481 e. The summed E-state index contributed by atoms with van der Waals surface area (Å²) in [7, 11) is 0. The van der Waals surface area contributed by atoms with Crippen LogP contribution >= 0.6 is 0 Å². The molecule has 1 rings (SSSR count). The molecule has 0 bridgehead atoms. The van der Waals surface area contributed by atoms with Gasteiger partial charge in [0, 0.05) is 11.6 Å². The van der Waals surface area contributed by atoms with Gasteiger partial charge in [0.1, 0.15) is 24.7 Å². The number of carbonyl (C=O) groups excluding carboxylic acids is 2. The van der Waals surface area contributed by atoms with Crippen molar-refractivity contribution in [2.45, 2.75) is 45.6 Å². The van der Waals surface area contributed by atoms with Crippen molar-refractivity contribution in [1.29, 1.82) is 0 Å². The molecule has 1 aromatic rings. The zero-order chi connectivity index (χ0) is 18.5. The standard InChI is InChI=1S/C20H27NO4/c1-4-7-8-9-16(15-22)19(20(23)24-6-3)21-17-10-12-18(13-11-17)25-14-5-2/h2,10-13,15-16,19,21H,4,6-9,14H2,1,3H3/t16-,19+/m1/s1. The Labute approximate surface area is 150 Å². The Hall–Kier alpha value is -2.48. The van der Waals surface area contributed by atoms with Crippen molar-refractivity contribution in [1.82, 2.24) is 0 Å². The highest BCUT2D eigenvalue weighted by Crippen LogP contribution is 2.21. The van der Waals surface area contributed by atoms with Crippen molar-refractivity contribution in [3.05, 3.63) is 24.3 Å². The Morgan fingerprint density at radius 2 is 2.00 bits per heavy atom. The lowest BCUT2D eigenvalue weighted by Crippen LogP contribution is -2.39. The van der Waals surface area contributed by atoms with Crippen LogP contribution in [0.4, 0.5) is 5.69 Å². The Balaban J connectivity index is 2.83. The Bertz CT molecular complexity index is 562. The minimum absolute atomic E-state index is 0.197. The van der Waals surface area contributed by atoms with Crippen LogP contribution in [0.25, 0.3) is 0 Å². The molecule has 2 atom stereocenters. The molecule has 0 amide bonds. The number of nitrogens with one attached hydrogen (secondary N) is 1. The fourth-order valence-electron chi connectivity index (χ4n) is 2.47. The normalized spacial score (nSPS) is 12.5. The number of aldehydes is 1. The van der Waals surface area contributed by atoms with E-state index in [2.05, 4.69) is 18.2 Å². The van der Waals surface area contributed by atoms with Gasteiger partial charge in [-0.1, -0.05) is 32.1 Å². The number of terminal acetylenes is 1. The second-order valence-electron chi connectivity index (χ2n) is 5.69. The number of hydrogen-bond acceptors (Lipinski definition) is 5. The van der Waals surface area contributed by atoms with Crippen LogP contribution in [0.2, 0.25) is 0 Å². The van der Waals surface area contributed by atoms with Crippen LogP contribution in [0.15, 0.2) is 24.3 Å². The first kappa shape index (κ1) is 20.6. The molecule has 0 unspecified atom stereocenters. The summed E-state index contributed by atoms with van der Waals surface area (Å²) >= 11 is 0. The van der Waals surface area contributed by atoms with Gasteiger partial charge >= 0.3 is 5.97 Å². The van der Waals surface area contributed by atoms with Crippen LogP contribution in [-0.2, 0) is 14.3 Å². The number of hydrogen-bond donors (Lipinski definition) is 1. The van der Waals surface area contributed by atoms with Crippen molar-refractivity contribution in [2.75, 3.05) is 18.5 Å². The van der Waals surface area contributed by atoms with Crippen molar-refractivity contribution >= 4 is 17.9 Å². The Kier molecular flexibility index (Phi) is 9.84. The highest BCUT2D eigenvalue weighted by molar-refractivity contribution is 5.83. The molecule has 5 heteroatoms. The van der Waals surface area contributed by atoms with E-state index in [9.17, 15) is 9.59 Å². The van der Waals surface area contributed by atoms with E-state index in [1.54, 1.807) is 31.2 Å². The lowest BCUT2D eigenvalue weighted by Gasteiger charge is -2.23. The summed E-state index contributed by atoms with van der Waals surface area (Å²) in [6.07, 6.45) is 9.64. The molecule has 0 saturated carbocycles. The minimum atomic E-state index is -0.702. The van der Waals surface area contributed by atoms with E-state index < -0.39 is 17.9 Å². The molecule has 0 spiro atoms. The summed E-state index contributed by atoms with van der Waals surface area (Å²) in [4.78, 5) is 23.8. The van der Waals surface area contributed by atoms with Gasteiger partial charge in [-0.05, 0) is 37.6 Å². The summed E-state index contributed by atoms with van der Waals surface area (Å²) in [5.41, 5.74) is 0.716. The van der Waals surface area contributed by atoms with Crippen LogP contribution in [-0.4, -0.2) is 31.5 Å². The first-order valence-electron chi connectivity index (χ1n) is 8.71. The third kappa shape index (κ3) is 7.30. The van der Waals surface area contributed by atoms with Gasteiger partial charge in [-0.2, -0.15) is 0 Å². The topological polar surface area (TPSA) is 64.6 Å². The highest BCUT2D eigenvalue weighted by atomic mass is 16.5. The molecule has 0 radical (unpaired) electrons. The van der Waals surface area contributed by atoms with Crippen LogP contribution in [0.1, 0.15) is 39.5 Å². The molecule has 5 nitrogen and oxygen atoms in total. The largest absolute Gasteiger partial charge is 0.481 e. The molecular weight excluding hydrogens is 318 g/mol. The number of esters is 1. The van der Waals surface area contributed by atoms with Crippen LogP contribution < -0.4 is 10.1 Å². The van der Waals surface area contributed by atoms with E-state index in [-0.39, 0.29) is 13.2 Å². The first-order valence-corrected chi connectivity index (χ1v) is 8.71. The number of rotatable bonds is 12. The molecule has 0 aliphatic carbocycles. The molecule has 0 saturated heterocycles. The second-order valence-corrected chi connectivity index (χ2v) is 5.69.